The molecular weight excluding hydrogens is 339 g/mol. The van der Waals surface area contributed by atoms with Gasteiger partial charge in [0.25, 0.3) is 0 Å². The van der Waals surface area contributed by atoms with Crippen molar-refractivity contribution in [1.29, 1.82) is 5.26 Å². The summed E-state index contributed by atoms with van der Waals surface area (Å²) in [4.78, 5) is 11.7. The van der Waals surface area contributed by atoms with Crippen LogP contribution in [0.2, 0.25) is 0 Å². The Morgan fingerprint density at radius 3 is 2.77 bits per heavy atom. The monoisotopic (exact) mass is 360 g/mol. The number of ether oxygens (including phenoxy) is 2. The van der Waals surface area contributed by atoms with E-state index in [0.29, 0.717) is 11.3 Å². The highest BCUT2D eigenvalue weighted by molar-refractivity contribution is 5.67. The fraction of sp³-hybridized carbons (Fsp3) is 0.389. The first-order chi connectivity index (χ1) is 12.2. The van der Waals surface area contributed by atoms with E-state index in [1.807, 2.05) is 0 Å². The number of carbonyl (C=O) groups is 1. The summed E-state index contributed by atoms with van der Waals surface area (Å²) in [5, 5.41) is 15.7. The smallest absolute Gasteiger partial charge is 0.407 e. The Morgan fingerprint density at radius 2 is 2.15 bits per heavy atom. The van der Waals surface area contributed by atoms with Crippen molar-refractivity contribution >= 4 is 6.09 Å². The molecule has 0 atom stereocenters. The zero-order valence-electron chi connectivity index (χ0n) is 15.2. The van der Waals surface area contributed by atoms with Crippen LogP contribution in [0.25, 0.3) is 0 Å². The highest BCUT2D eigenvalue weighted by atomic mass is 19.1. The van der Waals surface area contributed by atoms with Gasteiger partial charge in [-0.05, 0) is 26.8 Å². The van der Waals surface area contributed by atoms with Crippen LogP contribution in [0.15, 0.2) is 24.5 Å². The molecule has 138 valence electrons. The fourth-order valence-electron chi connectivity index (χ4n) is 2.24. The van der Waals surface area contributed by atoms with Crippen molar-refractivity contribution in [1.82, 2.24) is 15.1 Å². The van der Waals surface area contributed by atoms with E-state index in [1.165, 1.54) is 19.2 Å². The number of halogens is 1. The molecular formula is C18H21FN4O3. The van der Waals surface area contributed by atoms with Crippen molar-refractivity contribution in [2.45, 2.75) is 39.5 Å². The van der Waals surface area contributed by atoms with Crippen molar-refractivity contribution in [2.75, 3.05) is 7.11 Å². The topological polar surface area (TPSA) is 89.2 Å². The van der Waals surface area contributed by atoms with Gasteiger partial charge >= 0.3 is 6.09 Å². The van der Waals surface area contributed by atoms with Crippen LogP contribution in [0.3, 0.4) is 0 Å². The lowest BCUT2D eigenvalue weighted by molar-refractivity contribution is 0.0523. The van der Waals surface area contributed by atoms with E-state index < -0.39 is 17.5 Å². The first-order valence-electron chi connectivity index (χ1n) is 7.96. The van der Waals surface area contributed by atoms with Crippen LogP contribution in [0.5, 0.6) is 5.75 Å². The number of methoxy groups -OCH3 is 1. The molecule has 7 nitrogen and oxygen atoms in total. The Kier molecular flexibility index (Phi) is 5.82. The maximum absolute atomic E-state index is 13.9. The number of rotatable bonds is 5. The third kappa shape index (κ3) is 5.21. The number of nitriles is 1. The van der Waals surface area contributed by atoms with E-state index in [4.69, 9.17) is 14.7 Å². The number of nitrogens with zero attached hydrogens (tertiary/aromatic N) is 3. The number of benzene rings is 1. The molecule has 0 saturated carbocycles. The van der Waals surface area contributed by atoms with Crippen LogP contribution >= 0.6 is 0 Å². The standard InChI is InChI=1S/C18H21FN4O3/c1-18(2,3)26-17(24)21-8-12-9-22-23(10-12)11-14-5-15(19)13(7-20)6-16(14)25-4/h5-6,9-10H,8,11H2,1-4H3,(H,21,24). The van der Waals surface area contributed by atoms with E-state index in [1.54, 1.807) is 43.9 Å². The molecule has 0 bridgehead atoms. The Balaban J connectivity index is 2.04. The van der Waals surface area contributed by atoms with Gasteiger partial charge in [-0.3, -0.25) is 4.68 Å². The Morgan fingerprint density at radius 1 is 1.42 bits per heavy atom. The molecule has 0 aliphatic heterocycles. The molecule has 0 fully saturated rings. The molecule has 26 heavy (non-hydrogen) atoms. The highest BCUT2D eigenvalue weighted by Crippen LogP contribution is 2.23. The van der Waals surface area contributed by atoms with E-state index >= 15 is 0 Å². The molecule has 1 N–H and O–H groups in total. The summed E-state index contributed by atoms with van der Waals surface area (Å²) in [5.41, 5.74) is 0.681. The van der Waals surface area contributed by atoms with Crippen LogP contribution < -0.4 is 10.1 Å². The van der Waals surface area contributed by atoms with Crippen molar-refractivity contribution in [3.63, 3.8) is 0 Å². The van der Waals surface area contributed by atoms with Gasteiger partial charge in [-0.2, -0.15) is 10.4 Å². The highest BCUT2D eigenvalue weighted by Gasteiger charge is 2.16. The number of alkyl carbamates (subject to hydrolysis) is 1. The van der Waals surface area contributed by atoms with Crippen LogP contribution in [-0.2, 0) is 17.8 Å². The average Bonchev–Trinajstić information content (AvgIpc) is 2.99. The quantitative estimate of drug-likeness (QED) is 0.885. The number of hydrogen-bond donors (Lipinski definition) is 1. The third-order valence-corrected chi connectivity index (χ3v) is 3.35. The molecule has 1 aromatic carbocycles. The number of carbonyl (C=O) groups excluding carboxylic acids is 1. The lowest BCUT2D eigenvalue weighted by Crippen LogP contribution is -2.32. The molecule has 8 heteroatoms. The van der Waals surface area contributed by atoms with Gasteiger partial charge in [-0.1, -0.05) is 0 Å². The predicted molar refractivity (Wildman–Crippen MR) is 92.1 cm³/mol. The maximum atomic E-state index is 13.9. The van der Waals surface area contributed by atoms with Crippen LogP contribution in [0, 0.1) is 17.1 Å². The molecule has 1 aromatic heterocycles. The van der Waals surface area contributed by atoms with Gasteiger partial charge in [0.2, 0.25) is 0 Å². The summed E-state index contributed by atoms with van der Waals surface area (Å²) < 4.78 is 25.8. The van der Waals surface area contributed by atoms with Crippen molar-refractivity contribution in [2.24, 2.45) is 0 Å². The molecule has 2 aromatic rings. The number of amides is 1. The lowest BCUT2D eigenvalue weighted by Gasteiger charge is -2.19. The predicted octanol–water partition coefficient (Wildman–Crippen LogP) is 2.98. The molecule has 1 heterocycles. The SMILES string of the molecule is COc1cc(C#N)c(F)cc1Cn1cc(CNC(=O)OC(C)(C)C)cn1. The number of hydrogen-bond acceptors (Lipinski definition) is 5. The molecule has 0 aliphatic rings. The molecule has 0 saturated heterocycles. The lowest BCUT2D eigenvalue weighted by atomic mass is 10.1. The normalized spacial score (nSPS) is 10.9. The molecule has 0 aliphatic carbocycles. The van der Waals surface area contributed by atoms with Gasteiger partial charge in [0.05, 0.1) is 25.4 Å². The summed E-state index contributed by atoms with van der Waals surface area (Å²) in [6, 6.07) is 4.40. The zero-order chi connectivity index (χ0) is 19.3. The molecule has 0 radical (unpaired) electrons. The Bertz CT molecular complexity index is 834. The van der Waals surface area contributed by atoms with E-state index in [9.17, 15) is 9.18 Å². The van der Waals surface area contributed by atoms with Crippen LogP contribution in [0.1, 0.15) is 37.5 Å². The van der Waals surface area contributed by atoms with Crippen LogP contribution in [0.4, 0.5) is 9.18 Å². The first kappa shape index (κ1) is 19.2. The number of nitrogens with one attached hydrogen (secondary N) is 1. The minimum absolute atomic E-state index is 0.0756. The minimum Gasteiger partial charge on any atom is -0.496 e. The zero-order valence-corrected chi connectivity index (χ0v) is 15.2. The summed E-state index contributed by atoms with van der Waals surface area (Å²) >= 11 is 0. The first-order valence-corrected chi connectivity index (χ1v) is 7.96. The van der Waals surface area contributed by atoms with Gasteiger partial charge in [0, 0.05) is 29.9 Å². The largest absolute Gasteiger partial charge is 0.496 e. The summed E-state index contributed by atoms with van der Waals surface area (Å²) in [6.07, 6.45) is 2.82. The Hall–Kier alpha value is -3.08. The number of aromatic nitrogens is 2. The Labute approximate surface area is 151 Å². The average molecular weight is 360 g/mol. The second kappa shape index (κ2) is 7.87. The molecule has 0 unspecified atom stereocenters. The van der Waals surface area contributed by atoms with Crippen LogP contribution in [-0.4, -0.2) is 28.6 Å². The van der Waals surface area contributed by atoms with Crippen molar-refractivity contribution in [3.8, 4) is 11.8 Å². The van der Waals surface area contributed by atoms with Crippen molar-refractivity contribution < 1.29 is 18.7 Å². The molecule has 2 rings (SSSR count). The minimum atomic E-state index is -0.609. The van der Waals surface area contributed by atoms with E-state index in [2.05, 4.69) is 10.4 Å². The summed E-state index contributed by atoms with van der Waals surface area (Å²) in [5.74, 6) is -0.200. The van der Waals surface area contributed by atoms with Gasteiger partial charge < -0.3 is 14.8 Å². The van der Waals surface area contributed by atoms with E-state index in [-0.39, 0.29) is 18.7 Å². The summed E-state index contributed by atoms with van der Waals surface area (Å²) in [6.45, 7) is 5.88. The third-order valence-electron chi connectivity index (χ3n) is 3.35. The second-order valence-electron chi connectivity index (χ2n) is 6.66. The second-order valence-corrected chi connectivity index (χ2v) is 6.66. The van der Waals surface area contributed by atoms with Gasteiger partial charge in [0.1, 0.15) is 23.2 Å². The van der Waals surface area contributed by atoms with Gasteiger partial charge in [0.15, 0.2) is 0 Å². The maximum Gasteiger partial charge on any atom is 0.407 e. The summed E-state index contributed by atoms with van der Waals surface area (Å²) in [7, 11) is 1.46. The van der Waals surface area contributed by atoms with E-state index in [0.717, 1.165) is 5.56 Å². The fourth-order valence-corrected chi connectivity index (χ4v) is 2.24. The van der Waals surface area contributed by atoms with Gasteiger partial charge in [-0.25, -0.2) is 9.18 Å². The van der Waals surface area contributed by atoms with Gasteiger partial charge in [-0.15, -0.1) is 0 Å². The van der Waals surface area contributed by atoms with Crippen molar-refractivity contribution in [3.05, 3.63) is 47.0 Å². The molecule has 0 spiro atoms. The molecule has 1 amide bonds.